The Balaban J connectivity index is 2.51. The Morgan fingerprint density at radius 1 is 0.966 bits per heavy atom. The summed E-state index contributed by atoms with van der Waals surface area (Å²) in [5, 5.41) is 0. The first-order valence-electron chi connectivity index (χ1n) is 9.23. The molecule has 29 heavy (non-hydrogen) atoms. The monoisotopic (exact) mass is 440 g/mol. The van der Waals surface area contributed by atoms with Crippen LogP contribution in [0.5, 0.6) is 0 Å². The van der Waals surface area contributed by atoms with Crippen LogP contribution in [0.15, 0.2) is 48.5 Å². The molecule has 2 aromatic rings. The van der Waals surface area contributed by atoms with Gasteiger partial charge in [-0.25, -0.2) is 0 Å². The van der Waals surface area contributed by atoms with Crippen molar-refractivity contribution < 1.29 is 20.5 Å². The lowest BCUT2D eigenvalue weighted by atomic mass is 9.80. The van der Waals surface area contributed by atoms with Gasteiger partial charge in [0.15, 0.2) is 0 Å². The van der Waals surface area contributed by atoms with E-state index in [9.17, 15) is 16.8 Å². The normalized spacial score (nSPS) is 14.0. The fraction of sp³-hybridized carbons (Fsp3) is 0.400. The van der Waals surface area contributed by atoms with Crippen LogP contribution in [-0.2, 0) is 23.9 Å². The standard InChI is InChI=1S/C20H28N2O5S2/c1-4-12-28(23,24)27-29(25,26)14-20(21,22)19(17-10-7-8-15(2)13-17)18-11-6-5-9-16(18)3/h5-11,13,19H,4,12,14,21-22H2,1-3H3/t19-/m0/s1. The molecule has 0 aliphatic rings. The average Bonchev–Trinajstić information content (AvgIpc) is 2.54. The Morgan fingerprint density at radius 2 is 1.62 bits per heavy atom. The maximum absolute atomic E-state index is 12.5. The summed E-state index contributed by atoms with van der Waals surface area (Å²) in [6, 6.07) is 14.8. The highest BCUT2D eigenvalue weighted by atomic mass is 32.3. The minimum atomic E-state index is -4.54. The van der Waals surface area contributed by atoms with Gasteiger partial charge in [0.2, 0.25) is 0 Å². The van der Waals surface area contributed by atoms with Crippen LogP contribution < -0.4 is 11.5 Å². The zero-order chi connectivity index (χ0) is 21.9. The molecule has 0 saturated heterocycles. The lowest BCUT2D eigenvalue weighted by molar-refractivity contribution is 0.404. The smallest absolute Gasteiger partial charge is 0.285 e. The van der Waals surface area contributed by atoms with Crippen LogP contribution >= 0.6 is 0 Å². The van der Waals surface area contributed by atoms with E-state index in [0.717, 1.165) is 22.3 Å². The van der Waals surface area contributed by atoms with Gasteiger partial charge < -0.3 is 11.5 Å². The van der Waals surface area contributed by atoms with Crippen molar-refractivity contribution in [3.63, 3.8) is 0 Å². The molecule has 0 spiro atoms. The van der Waals surface area contributed by atoms with E-state index in [1.165, 1.54) is 0 Å². The fourth-order valence-electron chi connectivity index (χ4n) is 3.40. The number of rotatable bonds is 9. The third kappa shape index (κ3) is 6.35. The Hall–Kier alpha value is -1.78. The van der Waals surface area contributed by atoms with Gasteiger partial charge in [-0.2, -0.15) is 16.8 Å². The van der Waals surface area contributed by atoms with E-state index in [4.69, 9.17) is 11.5 Å². The molecule has 0 aliphatic carbocycles. The molecule has 0 aromatic heterocycles. The van der Waals surface area contributed by atoms with Gasteiger partial charge in [0.05, 0.1) is 11.4 Å². The van der Waals surface area contributed by atoms with Crippen molar-refractivity contribution in [3.8, 4) is 0 Å². The van der Waals surface area contributed by atoms with Crippen molar-refractivity contribution in [2.24, 2.45) is 11.5 Å². The zero-order valence-electron chi connectivity index (χ0n) is 16.8. The SMILES string of the molecule is CCCS(=O)(=O)OS(=O)(=O)CC(N)(N)[C@@H](c1cccc(C)c1)c1ccccc1C. The van der Waals surface area contributed by atoms with Crippen molar-refractivity contribution in [1.29, 1.82) is 0 Å². The van der Waals surface area contributed by atoms with Gasteiger partial charge in [-0.3, -0.25) is 0 Å². The van der Waals surface area contributed by atoms with Gasteiger partial charge in [0.25, 0.3) is 20.2 Å². The second-order valence-corrected chi connectivity index (χ2v) is 10.8. The average molecular weight is 441 g/mol. The first kappa shape index (κ1) is 23.5. The maximum atomic E-state index is 12.5. The predicted octanol–water partition coefficient (Wildman–Crippen LogP) is 2.14. The summed E-state index contributed by atoms with van der Waals surface area (Å²) in [7, 11) is -8.77. The lowest BCUT2D eigenvalue weighted by Gasteiger charge is -2.35. The molecule has 2 rings (SSSR count). The van der Waals surface area contributed by atoms with E-state index in [1.807, 2.05) is 62.4 Å². The Morgan fingerprint density at radius 3 is 2.21 bits per heavy atom. The van der Waals surface area contributed by atoms with Gasteiger partial charge in [0, 0.05) is 5.92 Å². The summed E-state index contributed by atoms with van der Waals surface area (Å²) in [5.74, 6) is -1.97. The van der Waals surface area contributed by atoms with Crippen molar-refractivity contribution in [2.45, 2.75) is 38.8 Å². The predicted molar refractivity (Wildman–Crippen MR) is 114 cm³/mol. The summed E-state index contributed by atoms with van der Waals surface area (Å²) in [6.45, 7) is 5.39. The summed E-state index contributed by atoms with van der Waals surface area (Å²) < 4.78 is 53.2. The highest BCUT2D eigenvalue weighted by molar-refractivity contribution is 7.99. The van der Waals surface area contributed by atoms with Crippen molar-refractivity contribution >= 4 is 20.2 Å². The molecular weight excluding hydrogens is 412 g/mol. The van der Waals surface area contributed by atoms with Gasteiger partial charge >= 0.3 is 0 Å². The van der Waals surface area contributed by atoms with Crippen LogP contribution in [0.3, 0.4) is 0 Å². The van der Waals surface area contributed by atoms with Gasteiger partial charge in [-0.1, -0.05) is 61.0 Å². The van der Waals surface area contributed by atoms with E-state index in [-0.39, 0.29) is 6.42 Å². The Kier molecular flexibility index (Phi) is 7.23. The molecule has 0 bridgehead atoms. The molecule has 0 fully saturated rings. The highest BCUT2D eigenvalue weighted by Crippen LogP contribution is 2.34. The van der Waals surface area contributed by atoms with Crippen LogP contribution in [0.25, 0.3) is 0 Å². The Labute approximate surface area is 173 Å². The summed E-state index contributed by atoms with van der Waals surface area (Å²) in [4.78, 5) is 0. The largest absolute Gasteiger partial charge is 0.312 e. The van der Waals surface area contributed by atoms with Crippen molar-refractivity contribution in [3.05, 3.63) is 70.8 Å². The van der Waals surface area contributed by atoms with Crippen LogP contribution in [-0.4, -0.2) is 34.0 Å². The number of nitrogens with two attached hydrogens (primary N) is 2. The molecular formula is C20H28N2O5S2. The minimum Gasteiger partial charge on any atom is -0.312 e. The van der Waals surface area contributed by atoms with Crippen molar-refractivity contribution in [1.82, 2.24) is 0 Å². The molecule has 0 amide bonds. The number of hydrogen-bond donors (Lipinski definition) is 2. The number of hydrogen-bond acceptors (Lipinski definition) is 7. The van der Waals surface area contributed by atoms with Crippen LogP contribution in [0.1, 0.15) is 41.5 Å². The van der Waals surface area contributed by atoms with Crippen LogP contribution in [0.4, 0.5) is 0 Å². The van der Waals surface area contributed by atoms with E-state index in [0.29, 0.717) is 0 Å². The summed E-state index contributed by atoms with van der Waals surface area (Å²) in [6.07, 6.45) is 0.226. The minimum absolute atomic E-state index is 0.226. The Bertz CT molecular complexity index is 1060. The first-order chi connectivity index (χ1) is 13.4. The maximum Gasteiger partial charge on any atom is 0.285 e. The molecule has 0 aliphatic heterocycles. The third-order valence-corrected chi connectivity index (χ3v) is 7.92. The molecule has 0 saturated carbocycles. The van der Waals surface area contributed by atoms with Crippen LogP contribution in [0.2, 0.25) is 0 Å². The zero-order valence-corrected chi connectivity index (χ0v) is 18.5. The molecule has 160 valence electrons. The molecule has 7 nitrogen and oxygen atoms in total. The fourth-order valence-corrected chi connectivity index (χ4v) is 6.40. The van der Waals surface area contributed by atoms with Gasteiger partial charge in [-0.15, -0.1) is 3.63 Å². The van der Waals surface area contributed by atoms with E-state index < -0.39 is 43.3 Å². The van der Waals surface area contributed by atoms with E-state index in [1.54, 1.807) is 6.92 Å². The number of benzene rings is 2. The molecule has 0 unspecified atom stereocenters. The van der Waals surface area contributed by atoms with Crippen LogP contribution in [0, 0.1) is 13.8 Å². The van der Waals surface area contributed by atoms with Gasteiger partial charge in [-0.05, 0) is 37.0 Å². The highest BCUT2D eigenvalue weighted by Gasteiger charge is 2.40. The van der Waals surface area contributed by atoms with E-state index >= 15 is 0 Å². The van der Waals surface area contributed by atoms with Crippen molar-refractivity contribution in [2.75, 3.05) is 11.5 Å². The van der Waals surface area contributed by atoms with Gasteiger partial charge in [0.1, 0.15) is 5.75 Å². The molecule has 0 radical (unpaired) electrons. The van der Waals surface area contributed by atoms with E-state index in [2.05, 4.69) is 3.63 Å². The summed E-state index contributed by atoms with van der Waals surface area (Å²) in [5.41, 5.74) is 14.2. The second kappa shape index (κ2) is 8.93. The molecule has 9 heteroatoms. The first-order valence-corrected chi connectivity index (χ1v) is 12.4. The quantitative estimate of drug-likeness (QED) is 0.571. The number of aryl methyl sites for hydroxylation is 2. The molecule has 4 N–H and O–H groups in total. The molecule has 1 atom stereocenters. The summed E-state index contributed by atoms with van der Waals surface area (Å²) >= 11 is 0. The topological polar surface area (TPSA) is 130 Å². The third-order valence-electron chi connectivity index (χ3n) is 4.50. The second-order valence-electron chi connectivity index (χ2n) is 7.35. The lowest BCUT2D eigenvalue weighted by Crippen LogP contribution is -2.59. The molecule has 0 heterocycles. The molecule has 2 aromatic carbocycles.